The van der Waals surface area contributed by atoms with E-state index < -0.39 is 12.1 Å². The zero-order valence-electron chi connectivity index (χ0n) is 19.1. The summed E-state index contributed by atoms with van der Waals surface area (Å²) >= 11 is 0. The highest BCUT2D eigenvalue weighted by molar-refractivity contribution is 5.08. The van der Waals surface area contributed by atoms with Crippen LogP contribution >= 0.6 is 0 Å². The summed E-state index contributed by atoms with van der Waals surface area (Å²) in [5, 5.41) is 0. The molecule has 5 saturated carbocycles. The van der Waals surface area contributed by atoms with Gasteiger partial charge in [-0.3, -0.25) is 0 Å². The maximum atomic E-state index is 13.3. The van der Waals surface area contributed by atoms with Crippen LogP contribution < -0.4 is 0 Å². The van der Waals surface area contributed by atoms with Gasteiger partial charge in [0.25, 0.3) is 0 Å². The van der Waals surface area contributed by atoms with E-state index >= 15 is 0 Å². The van der Waals surface area contributed by atoms with Gasteiger partial charge in [0, 0.05) is 7.11 Å². The van der Waals surface area contributed by atoms with Crippen molar-refractivity contribution in [3.8, 4) is 0 Å². The molecule has 0 bridgehead atoms. The van der Waals surface area contributed by atoms with Crippen LogP contribution in [0.25, 0.3) is 0 Å². The van der Waals surface area contributed by atoms with Gasteiger partial charge in [-0.15, -0.1) is 0 Å². The van der Waals surface area contributed by atoms with Crippen LogP contribution in [0.2, 0.25) is 0 Å². The van der Waals surface area contributed by atoms with Crippen molar-refractivity contribution in [2.45, 2.75) is 96.8 Å². The summed E-state index contributed by atoms with van der Waals surface area (Å²) in [6.45, 7) is 5.03. The molecule has 5 fully saturated rings. The highest BCUT2D eigenvalue weighted by Gasteiger charge is 2.59. The Morgan fingerprint density at radius 1 is 0.867 bits per heavy atom. The van der Waals surface area contributed by atoms with Crippen molar-refractivity contribution < 1.29 is 17.9 Å². The average Bonchev–Trinajstić information content (AvgIpc) is 3.47. The first-order valence-electron chi connectivity index (χ1n) is 12.8. The summed E-state index contributed by atoms with van der Waals surface area (Å²) in [5.41, 5.74) is 0.419. The number of hydrogen-bond donors (Lipinski definition) is 0. The molecular formula is C26H41F3O. The third kappa shape index (κ3) is 3.46. The van der Waals surface area contributed by atoms with Crippen molar-refractivity contribution in [3.05, 3.63) is 0 Å². The average molecular weight is 427 g/mol. The SMILES string of the molecule is CO[C@H](C1CC1)[C@@H](C)[C@H]1CC[C@H]2[C@@H]3CC[C@@H]4C[C@@H](C(F)(F)F)CC[C@@H]4[C@H]3CC[C@]12C. The van der Waals surface area contributed by atoms with Crippen LogP contribution in [-0.2, 0) is 4.74 Å². The van der Waals surface area contributed by atoms with E-state index in [4.69, 9.17) is 4.74 Å². The quantitative estimate of drug-likeness (QED) is 0.452. The molecule has 0 spiro atoms. The molecule has 10 atom stereocenters. The number of rotatable bonds is 4. The van der Waals surface area contributed by atoms with Crippen molar-refractivity contribution in [1.29, 1.82) is 0 Å². The number of methoxy groups -OCH3 is 1. The number of fused-ring (bicyclic) bond motifs is 5. The summed E-state index contributed by atoms with van der Waals surface area (Å²) < 4.78 is 46.0. The fourth-order valence-electron chi connectivity index (χ4n) is 9.54. The summed E-state index contributed by atoms with van der Waals surface area (Å²) in [6.07, 6.45) is 8.21. The lowest BCUT2D eigenvalue weighted by Gasteiger charge is -2.57. The van der Waals surface area contributed by atoms with Gasteiger partial charge in [-0.25, -0.2) is 0 Å². The fourth-order valence-corrected chi connectivity index (χ4v) is 9.54. The Morgan fingerprint density at radius 3 is 2.27 bits per heavy atom. The number of halogens is 3. The Hall–Kier alpha value is -0.250. The Kier molecular flexibility index (Phi) is 5.51. The Bertz CT molecular complexity index is 628. The highest BCUT2D eigenvalue weighted by Crippen LogP contribution is 2.66. The number of ether oxygens (including phenoxy) is 1. The van der Waals surface area contributed by atoms with Gasteiger partial charge in [0.15, 0.2) is 0 Å². The van der Waals surface area contributed by atoms with E-state index in [2.05, 4.69) is 13.8 Å². The molecule has 5 aliphatic carbocycles. The molecule has 0 aromatic carbocycles. The first kappa shape index (κ1) is 21.6. The highest BCUT2D eigenvalue weighted by atomic mass is 19.4. The molecule has 0 radical (unpaired) electrons. The second kappa shape index (κ2) is 7.66. The first-order valence-corrected chi connectivity index (χ1v) is 12.8. The third-order valence-electron chi connectivity index (χ3n) is 11.0. The van der Waals surface area contributed by atoms with E-state index in [-0.39, 0.29) is 0 Å². The summed E-state index contributed by atoms with van der Waals surface area (Å²) in [4.78, 5) is 0. The third-order valence-corrected chi connectivity index (χ3v) is 11.0. The molecule has 0 saturated heterocycles. The molecular weight excluding hydrogens is 385 g/mol. The van der Waals surface area contributed by atoms with Crippen LogP contribution in [0.4, 0.5) is 13.2 Å². The molecule has 0 amide bonds. The smallest absolute Gasteiger partial charge is 0.381 e. The van der Waals surface area contributed by atoms with E-state index in [1.165, 1.54) is 44.9 Å². The van der Waals surface area contributed by atoms with E-state index in [1.807, 2.05) is 7.11 Å². The van der Waals surface area contributed by atoms with Crippen LogP contribution in [0.1, 0.15) is 84.5 Å². The Morgan fingerprint density at radius 2 is 1.60 bits per heavy atom. The lowest BCUT2D eigenvalue weighted by atomic mass is 9.48. The van der Waals surface area contributed by atoms with Gasteiger partial charge < -0.3 is 4.74 Å². The minimum Gasteiger partial charge on any atom is -0.381 e. The van der Waals surface area contributed by atoms with Crippen molar-refractivity contribution in [2.24, 2.45) is 58.7 Å². The fraction of sp³-hybridized carbons (Fsp3) is 1.00. The van der Waals surface area contributed by atoms with Crippen molar-refractivity contribution in [3.63, 3.8) is 0 Å². The molecule has 4 heteroatoms. The van der Waals surface area contributed by atoms with Crippen LogP contribution in [0, 0.1) is 58.7 Å². The topological polar surface area (TPSA) is 9.23 Å². The summed E-state index contributed by atoms with van der Waals surface area (Å²) in [7, 11) is 1.91. The molecule has 0 heterocycles. The second-order valence-electron chi connectivity index (χ2n) is 12.1. The van der Waals surface area contributed by atoms with Crippen molar-refractivity contribution >= 4 is 0 Å². The van der Waals surface area contributed by atoms with Crippen LogP contribution in [0.15, 0.2) is 0 Å². The maximum absolute atomic E-state index is 13.3. The molecule has 0 aliphatic heterocycles. The number of alkyl halides is 3. The normalized spacial score (nSPS) is 48.4. The molecule has 5 rings (SSSR count). The number of hydrogen-bond acceptors (Lipinski definition) is 1. The van der Waals surface area contributed by atoms with Crippen molar-refractivity contribution in [2.75, 3.05) is 7.11 Å². The van der Waals surface area contributed by atoms with Crippen LogP contribution in [-0.4, -0.2) is 19.4 Å². The van der Waals surface area contributed by atoms with Gasteiger partial charge in [0.05, 0.1) is 12.0 Å². The largest absolute Gasteiger partial charge is 0.391 e. The minimum atomic E-state index is -3.98. The Labute approximate surface area is 180 Å². The van der Waals surface area contributed by atoms with Crippen LogP contribution in [0.5, 0.6) is 0 Å². The predicted octanol–water partition coefficient (Wildman–Crippen LogP) is 7.49. The van der Waals surface area contributed by atoms with Gasteiger partial charge in [-0.05, 0) is 123 Å². The van der Waals surface area contributed by atoms with E-state index in [9.17, 15) is 13.2 Å². The van der Waals surface area contributed by atoms with E-state index in [0.717, 1.165) is 36.5 Å². The zero-order valence-corrected chi connectivity index (χ0v) is 19.1. The predicted molar refractivity (Wildman–Crippen MR) is 113 cm³/mol. The van der Waals surface area contributed by atoms with Crippen LogP contribution in [0.3, 0.4) is 0 Å². The molecule has 30 heavy (non-hydrogen) atoms. The minimum absolute atomic E-state index is 0.333. The van der Waals surface area contributed by atoms with Gasteiger partial charge in [0.1, 0.15) is 0 Å². The van der Waals surface area contributed by atoms with Gasteiger partial charge >= 0.3 is 6.18 Å². The maximum Gasteiger partial charge on any atom is 0.391 e. The molecule has 0 N–H and O–H groups in total. The summed E-state index contributed by atoms with van der Waals surface area (Å²) in [5.74, 6) is 4.30. The van der Waals surface area contributed by atoms with Gasteiger partial charge in [0.2, 0.25) is 0 Å². The van der Waals surface area contributed by atoms with Crippen molar-refractivity contribution in [1.82, 2.24) is 0 Å². The van der Waals surface area contributed by atoms with Gasteiger partial charge in [-0.1, -0.05) is 13.8 Å². The monoisotopic (exact) mass is 426 g/mol. The molecule has 1 nitrogen and oxygen atoms in total. The van der Waals surface area contributed by atoms with Gasteiger partial charge in [-0.2, -0.15) is 13.2 Å². The first-order chi connectivity index (χ1) is 14.2. The lowest BCUT2D eigenvalue weighted by molar-refractivity contribution is -0.196. The zero-order chi connectivity index (χ0) is 21.3. The molecule has 172 valence electrons. The molecule has 0 aromatic heterocycles. The summed E-state index contributed by atoms with van der Waals surface area (Å²) in [6, 6.07) is 0. The van der Waals surface area contributed by atoms with E-state index in [1.54, 1.807) is 0 Å². The molecule has 0 unspecified atom stereocenters. The molecule has 5 aliphatic rings. The Balaban J connectivity index is 1.30. The lowest BCUT2D eigenvalue weighted by Crippen LogP contribution is -2.50. The second-order valence-corrected chi connectivity index (χ2v) is 12.1. The van der Waals surface area contributed by atoms with E-state index in [0.29, 0.717) is 48.0 Å². The molecule has 0 aromatic rings. The standard InChI is InChI=1S/C26H41F3O/c1-15(24(30-3)16-4-5-16)22-10-11-23-21-8-6-17-14-18(26(27,28)29)7-9-19(17)20(21)12-13-25(22,23)2/h15-24H,4-14H2,1-3H3/t15-,17+,18-,19-,20+,21+,22+,23-,24-,25+/m0/s1.